The van der Waals surface area contributed by atoms with Gasteiger partial charge >= 0.3 is 0 Å². The maximum atomic E-state index is 12.7. The van der Waals surface area contributed by atoms with Crippen LogP contribution in [0, 0.1) is 6.92 Å². The number of nitrogens with one attached hydrogen (secondary N) is 1. The Hall–Kier alpha value is -3.02. The Labute approximate surface area is 205 Å². The molecule has 1 fully saturated rings. The van der Waals surface area contributed by atoms with Gasteiger partial charge in [0, 0.05) is 59.8 Å². The lowest BCUT2D eigenvalue weighted by Crippen LogP contribution is -2.46. The molecular formula is C28H30ClN3O2. The molecule has 4 aromatic rings. The number of hydrogen-bond acceptors (Lipinski definition) is 4. The van der Waals surface area contributed by atoms with E-state index in [0.717, 1.165) is 78.1 Å². The molecule has 5 rings (SSSR count). The Bertz CT molecular complexity index is 1310. The van der Waals surface area contributed by atoms with Crippen LogP contribution in [0.1, 0.15) is 28.8 Å². The summed E-state index contributed by atoms with van der Waals surface area (Å²) >= 11 is 6.29. The molecule has 2 heterocycles. The smallest absolute Gasteiger partial charge is 0.251 e. The fourth-order valence-electron chi connectivity index (χ4n) is 4.78. The number of carbonyl (C=O) groups is 1. The second-order valence-corrected chi connectivity index (χ2v) is 9.39. The second kappa shape index (κ2) is 10.1. The number of hydrogen-bond donors (Lipinski definition) is 1. The average molecular weight is 476 g/mol. The van der Waals surface area contributed by atoms with Gasteiger partial charge in [-0.2, -0.15) is 0 Å². The number of fused-ring (bicyclic) bond motifs is 3. The molecule has 34 heavy (non-hydrogen) atoms. The number of anilines is 1. The van der Waals surface area contributed by atoms with E-state index in [1.165, 1.54) is 5.69 Å². The van der Waals surface area contributed by atoms with Gasteiger partial charge in [-0.05, 0) is 68.3 Å². The molecule has 0 atom stereocenters. The Balaban J connectivity index is 1.06. The molecule has 0 aliphatic carbocycles. The molecule has 1 aliphatic rings. The third-order valence-electron chi connectivity index (χ3n) is 6.78. The Morgan fingerprint density at radius 2 is 1.74 bits per heavy atom. The first-order valence-corrected chi connectivity index (χ1v) is 12.4. The zero-order valence-corrected chi connectivity index (χ0v) is 20.3. The summed E-state index contributed by atoms with van der Waals surface area (Å²) in [6.07, 6.45) is 2.04. The lowest BCUT2D eigenvalue weighted by Gasteiger charge is -2.37. The molecule has 0 radical (unpaired) electrons. The van der Waals surface area contributed by atoms with Crippen molar-refractivity contribution < 1.29 is 9.21 Å². The first-order valence-electron chi connectivity index (χ1n) is 12.0. The summed E-state index contributed by atoms with van der Waals surface area (Å²) in [4.78, 5) is 17.6. The highest BCUT2D eigenvalue weighted by Gasteiger charge is 2.18. The molecule has 1 N–H and O–H groups in total. The van der Waals surface area contributed by atoms with Crippen LogP contribution < -0.4 is 10.2 Å². The van der Waals surface area contributed by atoms with Crippen LogP contribution in [0.15, 0.2) is 65.1 Å². The van der Waals surface area contributed by atoms with Gasteiger partial charge in [-0.3, -0.25) is 9.69 Å². The monoisotopic (exact) mass is 475 g/mol. The number of nitrogens with zero attached hydrogens (tertiary/aromatic N) is 2. The number of unbranched alkanes of at least 4 members (excludes halogenated alkanes) is 1. The fraction of sp³-hybridized carbons (Fsp3) is 0.321. The SMILES string of the molecule is Cc1c(Cl)cccc1N1CCN(CCCCNC(=O)c2ccc3oc4ccccc4c3c2)CC1. The molecule has 1 aliphatic heterocycles. The van der Waals surface area contributed by atoms with Gasteiger partial charge in [0.1, 0.15) is 11.2 Å². The summed E-state index contributed by atoms with van der Waals surface area (Å²) < 4.78 is 5.86. The van der Waals surface area contributed by atoms with Crippen molar-refractivity contribution in [2.75, 3.05) is 44.2 Å². The zero-order valence-electron chi connectivity index (χ0n) is 19.5. The second-order valence-electron chi connectivity index (χ2n) is 8.98. The first kappa shape index (κ1) is 22.8. The maximum Gasteiger partial charge on any atom is 0.251 e. The molecule has 0 saturated carbocycles. The highest BCUT2D eigenvalue weighted by Crippen LogP contribution is 2.29. The van der Waals surface area contributed by atoms with Crippen LogP contribution in [-0.4, -0.2) is 50.1 Å². The van der Waals surface area contributed by atoms with Crippen molar-refractivity contribution in [2.45, 2.75) is 19.8 Å². The summed E-state index contributed by atoms with van der Waals surface area (Å²) in [7, 11) is 0. The number of furan rings is 1. The van der Waals surface area contributed by atoms with Crippen LogP contribution in [0.4, 0.5) is 5.69 Å². The van der Waals surface area contributed by atoms with Crippen molar-refractivity contribution in [1.29, 1.82) is 0 Å². The molecule has 6 heteroatoms. The lowest BCUT2D eigenvalue weighted by molar-refractivity contribution is 0.0952. The summed E-state index contributed by atoms with van der Waals surface area (Å²) in [5, 5.41) is 5.93. The standard InChI is InChI=1S/C28H30ClN3O2/c1-20-24(29)8-6-9-25(20)32-17-15-31(16-18-32)14-5-4-13-30-28(33)21-11-12-27-23(19-21)22-7-2-3-10-26(22)34-27/h2-3,6-12,19H,4-5,13-18H2,1H3,(H,30,33). The highest BCUT2D eigenvalue weighted by molar-refractivity contribution is 6.31. The van der Waals surface area contributed by atoms with Gasteiger partial charge in [-0.25, -0.2) is 0 Å². The summed E-state index contributed by atoms with van der Waals surface area (Å²) in [5.74, 6) is -0.0299. The van der Waals surface area contributed by atoms with Gasteiger partial charge in [0.25, 0.3) is 5.91 Å². The molecule has 3 aromatic carbocycles. The van der Waals surface area contributed by atoms with Crippen molar-refractivity contribution >= 4 is 45.1 Å². The molecule has 0 unspecified atom stereocenters. The molecule has 1 aromatic heterocycles. The lowest BCUT2D eigenvalue weighted by atomic mass is 10.1. The van der Waals surface area contributed by atoms with E-state index < -0.39 is 0 Å². The number of carbonyl (C=O) groups excluding carboxylic acids is 1. The summed E-state index contributed by atoms with van der Waals surface area (Å²) in [6, 6.07) is 19.7. The Morgan fingerprint density at radius 1 is 0.941 bits per heavy atom. The Morgan fingerprint density at radius 3 is 2.59 bits per heavy atom. The number of piperazine rings is 1. The normalized spacial score (nSPS) is 14.7. The predicted molar refractivity (Wildman–Crippen MR) is 140 cm³/mol. The summed E-state index contributed by atoms with van der Waals surface area (Å²) in [6.45, 7) is 7.98. The molecule has 176 valence electrons. The minimum Gasteiger partial charge on any atom is -0.456 e. The number of rotatable bonds is 7. The van der Waals surface area contributed by atoms with E-state index in [0.29, 0.717) is 12.1 Å². The topological polar surface area (TPSA) is 48.7 Å². The van der Waals surface area contributed by atoms with Crippen LogP contribution in [-0.2, 0) is 0 Å². The van der Waals surface area contributed by atoms with Crippen molar-refractivity contribution in [3.8, 4) is 0 Å². The van der Waals surface area contributed by atoms with Crippen LogP contribution in [0.3, 0.4) is 0 Å². The first-order chi connectivity index (χ1) is 16.6. The fourth-order valence-corrected chi connectivity index (χ4v) is 4.95. The Kier molecular flexibility index (Phi) is 6.75. The van der Waals surface area contributed by atoms with E-state index >= 15 is 0 Å². The third-order valence-corrected chi connectivity index (χ3v) is 7.19. The minimum absolute atomic E-state index is 0.0299. The van der Waals surface area contributed by atoms with Gasteiger partial charge < -0.3 is 14.6 Å². The number of para-hydroxylation sites is 1. The number of benzene rings is 3. The van der Waals surface area contributed by atoms with E-state index in [2.05, 4.69) is 28.1 Å². The largest absolute Gasteiger partial charge is 0.456 e. The predicted octanol–water partition coefficient (Wildman–Crippen LogP) is 5.88. The van der Waals surface area contributed by atoms with Crippen LogP contribution in [0.25, 0.3) is 21.9 Å². The van der Waals surface area contributed by atoms with Crippen LogP contribution >= 0.6 is 11.6 Å². The molecule has 0 bridgehead atoms. The molecular weight excluding hydrogens is 446 g/mol. The van der Waals surface area contributed by atoms with E-state index in [9.17, 15) is 4.79 Å². The van der Waals surface area contributed by atoms with Gasteiger partial charge in [0.15, 0.2) is 0 Å². The number of halogens is 1. The van der Waals surface area contributed by atoms with Gasteiger partial charge in [-0.1, -0.05) is 35.9 Å². The third kappa shape index (κ3) is 4.77. The molecule has 5 nitrogen and oxygen atoms in total. The maximum absolute atomic E-state index is 12.7. The van der Waals surface area contributed by atoms with Crippen molar-refractivity contribution in [1.82, 2.24) is 10.2 Å². The molecule has 1 amide bonds. The van der Waals surface area contributed by atoms with Gasteiger partial charge in [0.2, 0.25) is 0 Å². The van der Waals surface area contributed by atoms with Crippen molar-refractivity contribution in [2.24, 2.45) is 0 Å². The number of amides is 1. The molecule has 1 saturated heterocycles. The zero-order chi connectivity index (χ0) is 23.5. The quantitative estimate of drug-likeness (QED) is 0.339. The highest BCUT2D eigenvalue weighted by atomic mass is 35.5. The van der Waals surface area contributed by atoms with E-state index in [-0.39, 0.29) is 5.91 Å². The van der Waals surface area contributed by atoms with Crippen molar-refractivity contribution in [3.63, 3.8) is 0 Å². The van der Waals surface area contributed by atoms with Gasteiger partial charge in [-0.15, -0.1) is 0 Å². The van der Waals surface area contributed by atoms with E-state index in [4.69, 9.17) is 16.0 Å². The van der Waals surface area contributed by atoms with Crippen molar-refractivity contribution in [3.05, 3.63) is 76.8 Å². The van der Waals surface area contributed by atoms with E-state index in [1.54, 1.807) is 0 Å². The van der Waals surface area contributed by atoms with Gasteiger partial charge in [0.05, 0.1) is 0 Å². The van der Waals surface area contributed by atoms with Crippen LogP contribution in [0.5, 0.6) is 0 Å². The minimum atomic E-state index is -0.0299. The average Bonchev–Trinajstić information content (AvgIpc) is 3.24. The molecule has 0 spiro atoms. The van der Waals surface area contributed by atoms with Crippen LogP contribution in [0.2, 0.25) is 5.02 Å². The van der Waals surface area contributed by atoms with E-state index in [1.807, 2.05) is 54.6 Å². The summed E-state index contributed by atoms with van der Waals surface area (Å²) in [5.41, 5.74) is 4.73.